The van der Waals surface area contributed by atoms with Gasteiger partial charge in [0.1, 0.15) is 5.54 Å². The number of hydrogen-bond acceptors (Lipinski definition) is 3. The van der Waals surface area contributed by atoms with Crippen molar-refractivity contribution in [1.29, 1.82) is 0 Å². The monoisotopic (exact) mass is 279 g/mol. The molecule has 0 atom stereocenters. The van der Waals surface area contributed by atoms with Gasteiger partial charge in [0.2, 0.25) is 0 Å². The number of hydrogen-bond donors (Lipinski definition) is 3. The van der Waals surface area contributed by atoms with E-state index in [0.717, 1.165) is 5.56 Å². The topological polar surface area (TPSA) is 91.3 Å². The van der Waals surface area contributed by atoms with Gasteiger partial charge in [-0.25, -0.2) is 9.59 Å². The van der Waals surface area contributed by atoms with E-state index in [2.05, 4.69) is 15.6 Å². The number of pyridine rings is 1. The van der Waals surface area contributed by atoms with Gasteiger partial charge in [-0.15, -0.1) is 0 Å². The van der Waals surface area contributed by atoms with E-state index in [0.29, 0.717) is 25.8 Å². The van der Waals surface area contributed by atoms with Crippen molar-refractivity contribution >= 4 is 12.0 Å². The zero-order chi connectivity index (χ0) is 15.0. The second-order valence-electron chi connectivity index (χ2n) is 4.59. The molecule has 20 heavy (non-hydrogen) atoms. The van der Waals surface area contributed by atoms with Gasteiger partial charge in [0.15, 0.2) is 0 Å². The van der Waals surface area contributed by atoms with Gasteiger partial charge in [0.25, 0.3) is 0 Å². The Kier molecular flexibility index (Phi) is 5.96. The number of aliphatic carboxylic acids is 1. The lowest BCUT2D eigenvalue weighted by atomic mass is 9.93. The number of carbonyl (C=O) groups is 2. The number of urea groups is 1. The van der Waals surface area contributed by atoms with Crippen molar-refractivity contribution in [3.63, 3.8) is 0 Å². The number of aromatic nitrogens is 1. The number of rotatable bonds is 7. The molecule has 0 saturated carbocycles. The fourth-order valence-electron chi connectivity index (χ4n) is 1.91. The molecular formula is C14H21N3O3. The van der Waals surface area contributed by atoms with Crippen LogP contribution in [0.15, 0.2) is 24.5 Å². The first-order valence-electron chi connectivity index (χ1n) is 6.72. The average Bonchev–Trinajstić information content (AvgIpc) is 2.45. The van der Waals surface area contributed by atoms with E-state index in [1.807, 2.05) is 12.1 Å². The molecule has 0 radical (unpaired) electrons. The molecule has 1 aromatic heterocycles. The maximum atomic E-state index is 11.8. The lowest BCUT2D eigenvalue weighted by Gasteiger charge is -2.28. The third kappa shape index (κ3) is 4.22. The third-order valence-electron chi connectivity index (χ3n) is 3.39. The van der Waals surface area contributed by atoms with E-state index < -0.39 is 17.5 Å². The lowest BCUT2D eigenvalue weighted by Crippen LogP contribution is -2.56. The van der Waals surface area contributed by atoms with Gasteiger partial charge in [0, 0.05) is 18.9 Å². The molecule has 0 saturated heterocycles. The molecule has 3 N–H and O–H groups in total. The fraction of sp³-hybridized carbons (Fsp3) is 0.500. The Balaban J connectivity index is 2.45. The lowest BCUT2D eigenvalue weighted by molar-refractivity contribution is -0.144. The van der Waals surface area contributed by atoms with Crippen molar-refractivity contribution in [2.24, 2.45) is 0 Å². The summed E-state index contributed by atoms with van der Waals surface area (Å²) in [5, 5.41) is 14.4. The summed E-state index contributed by atoms with van der Waals surface area (Å²) in [5.41, 5.74) is -0.179. The van der Waals surface area contributed by atoms with E-state index in [4.69, 9.17) is 0 Å². The summed E-state index contributed by atoms with van der Waals surface area (Å²) in [5.74, 6) is -1.01. The zero-order valence-electron chi connectivity index (χ0n) is 11.8. The van der Waals surface area contributed by atoms with Crippen LogP contribution in [0.25, 0.3) is 0 Å². The first-order chi connectivity index (χ1) is 9.54. The van der Waals surface area contributed by atoms with Crippen molar-refractivity contribution in [3.8, 4) is 0 Å². The highest BCUT2D eigenvalue weighted by molar-refractivity contribution is 5.86. The number of carbonyl (C=O) groups excluding carboxylic acids is 1. The number of nitrogens with one attached hydrogen (secondary N) is 2. The molecule has 0 bridgehead atoms. The first-order valence-corrected chi connectivity index (χ1v) is 6.72. The van der Waals surface area contributed by atoms with E-state index in [-0.39, 0.29) is 0 Å². The van der Waals surface area contributed by atoms with Crippen molar-refractivity contribution < 1.29 is 14.7 Å². The zero-order valence-corrected chi connectivity index (χ0v) is 11.8. The number of nitrogens with zero attached hydrogens (tertiary/aromatic N) is 1. The molecule has 2 amide bonds. The summed E-state index contributed by atoms with van der Waals surface area (Å²) in [4.78, 5) is 27.0. The Labute approximate surface area is 118 Å². The van der Waals surface area contributed by atoms with Gasteiger partial charge in [-0.3, -0.25) is 4.98 Å². The Hall–Kier alpha value is -2.11. The fourth-order valence-corrected chi connectivity index (χ4v) is 1.91. The predicted molar refractivity (Wildman–Crippen MR) is 75.4 cm³/mol. The van der Waals surface area contributed by atoms with Crippen LogP contribution >= 0.6 is 0 Å². The van der Waals surface area contributed by atoms with Crippen LogP contribution in [0.1, 0.15) is 32.3 Å². The molecule has 0 aliphatic rings. The summed E-state index contributed by atoms with van der Waals surface area (Å²) in [6.07, 6.45) is 4.76. The van der Waals surface area contributed by atoms with Crippen molar-refractivity contribution in [1.82, 2.24) is 15.6 Å². The number of carboxylic acid groups (broad SMARTS) is 1. The van der Waals surface area contributed by atoms with Crippen LogP contribution in [0.4, 0.5) is 4.79 Å². The molecule has 6 nitrogen and oxygen atoms in total. The summed E-state index contributed by atoms with van der Waals surface area (Å²) in [7, 11) is 0. The average molecular weight is 279 g/mol. The second kappa shape index (κ2) is 7.47. The smallest absolute Gasteiger partial charge is 0.329 e. The Morgan fingerprint density at radius 2 is 2.05 bits per heavy atom. The Bertz CT molecular complexity index is 444. The van der Waals surface area contributed by atoms with Crippen LogP contribution in [0.2, 0.25) is 0 Å². The van der Waals surface area contributed by atoms with Gasteiger partial charge in [-0.1, -0.05) is 19.9 Å². The maximum Gasteiger partial charge on any atom is 0.329 e. The summed E-state index contributed by atoms with van der Waals surface area (Å²) in [6, 6.07) is 3.30. The highest BCUT2D eigenvalue weighted by atomic mass is 16.4. The van der Waals surface area contributed by atoms with Crippen LogP contribution in [0.3, 0.4) is 0 Å². The van der Waals surface area contributed by atoms with Crippen LogP contribution in [0, 0.1) is 0 Å². The van der Waals surface area contributed by atoms with Gasteiger partial charge in [-0.2, -0.15) is 0 Å². The minimum Gasteiger partial charge on any atom is -0.480 e. The number of amides is 2. The molecule has 1 rings (SSSR count). The van der Waals surface area contributed by atoms with Crippen molar-refractivity contribution in [3.05, 3.63) is 30.1 Å². The van der Waals surface area contributed by atoms with E-state index in [1.165, 1.54) is 0 Å². The maximum absolute atomic E-state index is 11.8. The van der Waals surface area contributed by atoms with Gasteiger partial charge < -0.3 is 15.7 Å². The first kappa shape index (κ1) is 15.9. The molecule has 0 fully saturated rings. The molecule has 0 unspecified atom stereocenters. The highest BCUT2D eigenvalue weighted by Gasteiger charge is 2.36. The van der Waals surface area contributed by atoms with Crippen molar-refractivity contribution in [2.45, 2.75) is 38.6 Å². The second-order valence-corrected chi connectivity index (χ2v) is 4.59. The highest BCUT2D eigenvalue weighted by Crippen LogP contribution is 2.15. The van der Waals surface area contributed by atoms with Crippen LogP contribution in [-0.2, 0) is 11.2 Å². The van der Waals surface area contributed by atoms with E-state index in [9.17, 15) is 14.7 Å². The third-order valence-corrected chi connectivity index (χ3v) is 3.39. The summed E-state index contributed by atoms with van der Waals surface area (Å²) in [6.45, 7) is 3.92. The molecular weight excluding hydrogens is 258 g/mol. The number of carboxylic acids is 1. The van der Waals surface area contributed by atoms with Gasteiger partial charge in [-0.05, 0) is 30.9 Å². The van der Waals surface area contributed by atoms with Gasteiger partial charge in [0.05, 0.1) is 0 Å². The van der Waals surface area contributed by atoms with Crippen LogP contribution in [0.5, 0.6) is 0 Å². The molecule has 1 heterocycles. The molecule has 1 aromatic rings. The summed E-state index contributed by atoms with van der Waals surface area (Å²) < 4.78 is 0. The molecule has 110 valence electrons. The Morgan fingerprint density at radius 3 is 2.55 bits per heavy atom. The van der Waals surface area contributed by atoms with Gasteiger partial charge >= 0.3 is 12.0 Å². The van der Waals surface area contributed by atoms with E-state index >= 15 is 0 Å². The molecule has 0 spiro atoms. The van der Waals surface area contributed by atoms with E-state index in [1.54, 1.807) is 26.2 Å². The molecule has 0 aliphatic carbocycles. The standard InChI is InChI=1S/C14H21N3O3/c1-3-14(4-2,12(18)19)17-13(20)16-9-7-11-6-5-8-15-10-11/h5-6,8,10H,3-4,7,9H2,1-2H3,(H,18,19)(H2,16,17,20). The minimum absolute atomic E-state index is 0.342. The Morgan fingerprint density at radius 1 is 1.35 bits per heavy atom. The van der Waals surface area contributed by atoms with Crippen molar-refractivity contribution in [2.75, 3.05) is 6.54 Å². The quantitative estimate of drug-likeness (QED) is 0.706. The predicted octanol–water partition coefficient (Wildman–Crippen LogP) is 1.57. The molecule has 0 aliphatic heterocycles. The van der Waals surface area contributed by atoms with Crippen LogP contribution < -0.4 is 10.6 Å². The molecule has 6 heteroatoms. The van der Waals surface area contributed by atoms with Crippen LogP contribution in [-0.4, -0.2) is 34.2 Å². The summed E-state index contributed by atoms with van der Waals surface area (Å²) >= 11 is 0. The largest absolute Gasteiger partial charge is 0.480 e. The SMILES string of the molecule is CCC(CC)(NC(=O)NCCc1cccnc1)C(=O)O. The molecule has 0 aromatic carbocycles. The normalized spacial score (nSPS) is 10.9. The minimum atomic E-state index is -1.20.